The van der Waals surface area contributed by atoms with Crippen molar-refractivity contribution in [2.45, 2.75) is 34.2 Å². The molecule has 0 aliphatic heterocycles. The van der Waals surface area contributed by atoms with E-state index in [0.29, 0.717) is 11.3 Å². The van der Waals surface area contributed by atoms with Gasteiger partial charge in [-0.25, -0.2) is 8.42 Å². The van der Waals surface area contributed by atoms with Crippen molar-refractivity contribution in [1.29, 1.82) is 0 Å². The molecule has 3 rings (SSSR count). The molecule has 0 aliphatic carbocycles. The van der Waals surface area contributed by atoms with E-state index in [1.807, 2.05) is 64.1 Å². The third-order valence-electron chi connectivity index (χ3n) is 5.44. The van der Waals surface area contributed by atoms with Gasteiger partial charge in [0.05, 0.1) is 18.5 Å². The molecule has 162 valence electrons. The van der Waals surface area contributed by atoms with Crippen molar-refractivity contribution in [3.8, 4) is 0 Å². The lowest BCUT2D eigenvalue weighted by Crippen LogP contribution is -2.29. The van der Waals surface area contributed by atoms with E-state index in [-0.39, 0.29) is 12.5 Å². The molecule has 6 heteroatoms. The quantitative estimate of drug-likeness (QED) is 0.582. The van der Waals surface area contributed by atoms with Crippen molar-refractivity contribution in [3.63, 3.8) is 0 Å². The molecule has 0 aliphatic rings. The normalized spacial score (nSPS) is 11.3. The number of nitrogens with one attached hydrogen (secondary N) is 1. The average molecular weight is 437 g/mol. The van der Waals surface area contributed by atoms with Crippen molar-refractivity contribution in [1.82, 2.24) is 0 Å². The van der Waals surface area contributed by atoms with Crippen LogP contribution in [0.3, 0.4) is 0 Å². The molecule has 0 radical (unpaired) electrons. The molecular formula is C25H28N2O3S. The van der Waals surface area contributed by atoms with E-state index < -0.39 is 10.0 Å². The van der Waals surface area contributed by atoms with Crippen LogP contribution in [0.5, 0.6) is 0 Å². The predicted octanol–water partition coefficient (Wildman–Crippen LogP) is 5.14. The molecule has 0 heterocycles. The zero-order valence-corrected chi connectivity index (χ0v) is 19.4. The molecule has 0 atom stereocenters. The summed E-state index contributed by atoms with van der Waals surface area (Å²) in [5, 5.41) is 2.97. The molecule has 0 spiro atoms. The molecule has 1 amide bonds. The van der Waals surface area contributed by atoms with Crippen molar-refractivity contribution in [2.75, 3.05) is 15.9 Å². The van der Waals surface area contributed by atoms with Gasteiger partial charge >= 0.3 is 0 Å². The first-order valence-electron chi connectivity index (χ1n) is 10.1. The number of nitrogens with zero attached hydrogens (tertiary/aromatic N) is 1. The van der Waals surface area contributed by atoms with Crippen LogP contribution in [0.25, 0.3) is 0 Å². The van der Waals surface area contributed by atoms with E-state index in [4.69, 9.17) is 0 Å². The first kappa shape index (κ1) is 22.6. The van der Waals surface area contributed by atoms with Crippen LogP contribution in [0.4, 0.5) is 11.4 Å². The van der Waals surface area contributed by atoms with Gasteiger partial charge in [0, 0.05) is 11.3 Å². The van der Waals surface area contributed by atoms with Crippen LogP contribution in [-0.4, -0.2) is 20.6 Å². The number of hydrogen-bond donors (Lipinski definition) is 1. The van der Waals surface area contributed by atoms with Gasteiger partial charge < -0.3 is 5.32 Å². The van der Waals surface area contributed by atoms with E-state index in [1.165, 1.54) is 10.6 Å². The fourth-order valence-corrected chi connectivity index (χ4v) is 4.29. The second-order valence-corrected chi connectivity index (χ2v) is 9.86. The smallest absolute Gasteiger partial charge is 0.255 e. The lowest BCUT2D eigenvalue weighted by Gasteiger charge is -2.23. The van der Waals surface area contributed by atoms with Crippen LogP contribution in [0, 0.1) is 27.7 Å². The molecule has 0 saturated carbocycles. The van der Waals surface area contributed by atoms with E-state index in [0.717, 1.165) is 33.5 Å². The largest absolute Gasteiger partial charge is 0.322 e. The number of anilines is 2. The number of benzene rings is 3. The Kier molecular flexibility index (Phi) is 6.51. The van der Waals surface area contributed by atoms with Crippen molar-refractivity contribution in [3.05, 3.63) is 94.0 Å². The van der Waals surface area contributed by atoms with Crippen LogP contribution in [0.1, 0.15) is 38.2 Å². The number of aryl methyl sites for hydroxylation is 4. The monoisotopic (exact) mass is 436 g/mol. The number of carbonyl (C=O) groups excluding carboxylic acids is 1. The molecule has 0 bridgehead atoms. The fraction of sp³-hybridized carbons (Fsp3) is 0.240. The van der Waals surface area contributed by atoms with Crippen LogP contribution in [0.15, 0.2) is 60.7 Å². The Bertz CT molecular complexity index is 1200. The maximum atomic E-state index is 12.7. The maximum absolute atomic E-state index is 12.7. The summed E-state index contributed by atoms with van der Waals surface area (Å²) in [4.78, 5) is 12.7. The minimum Gasteiger partial charge on any atom is -0.322 e. The number of carbonyl (C=O) groups is 1. The van der Waals surface area contributed by atoms with Crippen LogP contribution in [0.2, 0.25) is 0 Å². The summed E-state index contributed by atoms with van der Waals surface area (Å²) in [5.41, 5.74) is 6.90. The van der Waals surface area contributed by atoms with Gasteiger partial charge in [0.2, 0.25) is 10.0 Å². The van der Waals surface area contributed by atoms with E-state index >= 15 is 0 Å². The highest BCUT2D eigenvalue weighted by Crippen LogP contribution is 2.24. The Hall–Kier alpha value is -3.12. The first-order valence-corrected chi connectivity index (χ1v) is 11.9. The Morgan fingerprint density at radius 3 is 2.00 bits per heavy atom. The summed E-state index contributed by atoms with van der Waals surface area (Å²) in [6.07, 6.45) is 1.20. The zero-order chi connectivity index (χ0) is 22.8. The topological polar surface area (TPSA) is 66.5 Å². The van der Waals surface area contributed by atoms with Crippen molar-refractivity contribution >= 4 is 27.3 Å². The molecule has 0 aromatic heterocycles. The number of rotatable bonds is 6. The van der Waals surface area contributed by atoms with Gasteiger partial charge in [0.15, 0.2) is 0 Å². The van der Waals surface area contributed by atoms with Crippen molar-refractivity contribution in [2.24, 2.45) is 0 Å². The van der Waals surface area contributed by atoms with E-state index in [9.17, 15) is 13.2 Å². The second-order valence-electron chi connectivity index (χ2n) is 7.96. The van der Waals surface area contributed by atoms with Crippen LogP contribution < -0.4 is 9.62 Å². The Balaban J connectivity index is 1.81. The molecular weight excluding hydrogens is 408 g/mol. The minimum absolute atomic E-state index is 0.195. The maximum Gasteiger partial charge on any atom is 0.255 e. The third-order valence-corrected chi connectivity index (χ3v) is 6.58. The van der Waals surface area contributed by atoms with E-state index in [2.05, 4.69) is 5.32 Å². The van der Waals surface area contributed by atoms with Gasteiger partial charge in [-0.2, -0.15) is 0 Å². The lowest BCUT2D eigenvalue weighted by molar-refractivity contribution is 0.102. The highest BCUT2D eigenvalue weighted by Gasteiger charge is 2.19. The van der Waals surface area contributed by atoms with Gasteiger partial charge in [-0.3, -0.25) is 9.10 Å². The number of para-hydroxylation sites is 1. The number of sulfonamides is 1. The second kappa shape index (κ2) is 8.94. The number of hydrogen-bond acceptors (Lipinski definition) is 3. The van der Waals surface area contributed by atoms with E-state index in [1.54, 1.807) is 24.3 Å². The van der Waals surface area contributed by atoms with Crippen LogP contribution >= 0.6 is 0 Å². The minimum atomic E-state index is -3.47. The third kappa shape index (κ3) is 5.33. The lowest BCUT2D eigenvalue weighted by atomic mass is 10.1. The van der Waals surface area contributed by atoms with Gasteiger partial charge in [0.1, 0.15) is 0 Å². The van der Waals surface area contributed by atoms with Gasteiger partial charge in [-0.1, -0.05) is 36.4 Å². The summed E-state index contributed by atoms with van der Waals surface area (Å²) in [7, 11) is -3.47. The summed E-state index contributed by atoms with van der Waals surface area (Å²) in [6.45, 7) is 8.06. The molecule has 3 aromatic rings. The molecule has 31 heavy (non-hydrogen) atoms. The Morgan fingerprint density at radius 2 is 1.45 bits per heavy atom. The Labute approximate surface area is 184 Å². The molecule has 0 unspecified atom stereocenters. The predicted molar refractivity (Wildman–Crippen MR) is 127 cm³/mol. The fourth-order valence-electron chi connectivity index (χ4n) is 3.41. The molecule has 0 fully saturated rings. The standard InChI is InChI=1S/C25H28N2O3S/c1-17-9-14-23(15-20(17)4)27(31(5,29)30)16-21-10-12-22(13-11-21)25(28)26-24-18(2)7-6-8-19(24)3/h6-15H,16H2,1-5H3,(H,26,28). The summed E-state index contributed by atoms with van der Waals surface area (Å²) >= 11 is 0. The molecule has 5 nitrogen and oxygen atoms in total. The summed E-state index contributed by atoms with van der Waals surface area (Å²) < 4.78 is 26.3. The SMILES string of the molecule is Cc1ccc(N(Cc2ccc(C(=O)Nc3c(C)cccc3C)cc2)S(C)(=O)=O)cc1C. The Morgan fingerprint density at radius 1 is 0.839 bits per heavy atom. The first-order chi connectivity index (χ1) is 14.6. The van der Waals surface area contributed by atoms with Gasteiger partial charge in [0.25, 0.3) is 5.91 Å². The van der Waals surface area contributed by atoms with Gasteiger partial charge in [-0.15, -0.1) is 0 Å². The van der Waals surface area contributed by atoms with Gasteiger partial charge in [-0.05, 0) is 79.8 Å². The number of amides is 1. The summed E-state index contributed by atoms with van der Waals surface area (Å²) in [5.74, 6) is -0.196. The zero-order valence-electron chi connectivity index (χ0n) is 18.6. The molecule has 3 aromatic carbocycles. The summed E-state index contributed by atoms with van der Waals surface area (Å²) in [6, 6.07) is 18.5. The highest BCUT2D eigenvalue weighted by molar-refractivity contribution is 7.92. The van der Waals surface area contributed by atoms with Crippen molar-refractivity contribution < 1.29 is 13.2 Å². The highest BCUT2D eigenvalue weighted by atomic mass is 32.2. The average Bonchev–Trinajstić information content (AvgIpc) is 2.71. The molecule has 1 N–H and O–H groups in total. The van der Waals surface area contributed by atoms with Crippen LogP contribution in [-0.2, 0) is 16.6 Å². The molecule has 0 saturated heterocycles.